The number of halogens is 1. The van der Waals surface area contributed by atoms with Crippen LogP contribution in [0.3, 0.4) is 0 Å². The molecule has 0 saturated carbocycles. The molecule has 0 aliphatic carbocycles. The fourth-order valence-corrected chi connectivity index (χ4v) is 2.66. The standard InChI is InChI=1S/C16H25BrN2/c1-6-8-15(9-7-2)12(3)10-13(4)19-14(5)16(17)11-18-19/h10-11,15H,3,6-9H2,1-2,4-5H3/b13-10-. The van der Waals surface area contributed by atoms with Gasteiger partial charge in [-0.2, -0.15) is 5.10 Å². The summed E-state index contributed by atoms with van der Waals surface area (Å²) in [6.07, 6.45) is 8.88. The maximum absolute atomic E-state index is 4.38. The number of nitrogens with zero attached hydrogens (tertiary/aromatic N) is 2. The summed E-state index contributed by atoms with van der Waals surface area (Å²) in [7, 11) is 0. The summed E-state index contributed by atoms with van der Waals surface area (Å²) in [6, 6.07) is 0. The fraction of sp³-hybridized carbons (Fsp3) is 0.562. The zero-order chi connectivity index (χ0) is 14.4. The van der Waals surface area contributed by atoms with E-state index in [0.29, 0.717) is 5.92 Å². The number of aromatic nitrogens is 2. The first kappa shape index (κ1) is 16.2. The van der Waals surface area contributed by atoms with E-state index < -0.39 is 0 Å². The van der Waals surface area contributed by atoms with Crippen molar-refractivity contribution in [2.45, 2.75) is 53.4 Å². The van der Waals surface area contributed by atoms with Crippen molar-refractivity contribution in [3.8, 4) is 0 Å². The van der Waals surface area contributed by atoms with Crippen molar-refractivity contribution in [1.29, 1.82) is 0 Å². The Balaban J connectivity index is 2.87. The predicted octanol–water partition coefficient (Wildman–Crippen LogP) is 5.59. The maximum atomic E-state index is 4.38. The van der Waals surface area contributed by atoms with Gasteiger partial charge in [0.1, 0.15) is 0 Å². The van der Waals surface area contributed by atoms with E-state index in [1.807, 2.05) is 10.9 Å². The first-order chi connectivity index (χ1) is 9.01. The summed E-state index contributed by atoms with van der Waals surface area (Å²) >= 11 is 3.50. The zero-order valence-corrected chi connectivity index (χ0v) is 14.1. The van der Waals surface area contributed by atoms with Crippen LogP contribution in [0, 0.1) is 12.8 Å². The molecule has 2 nitrogen and oxygen atoms in total. The number of allylic oxidation sites excluding steroid dienone is 3. The Morgan fingerprint density at radius 2 is 2.00 bits per heavy atom. The summed E-state index contributed by atoms with van der Waals surface area (Å²) in [5, 5.41) is 4.38. The Morgan fingerprint density at radius 1 is 1.42 bits per heavy atom. The molecule has 1 aromatic rings. The first-order valence-corrected chi connectivity index (χ1v) is 7.88. The minimum atomic E-state index is 0.601. The van der Waals surface area contributed by atoms with Crippen molar-refractivity contribution in [3.05, 3.63) is 34.6 Å². The van der Waals surface area contributed by atoms with Gasteiger partial charge in [0.05, 0.1) is 16.4 Å². The molecule has 0 atom stereocenters. The fourth-order valence-electron chi connectivity index (χ4n) is 2.40. The average Bonchev–Trinajstić information content (AvgIpc) is 2.69. The predicted molar refractivity (Wildman–Crippen MR) is 87.1 cm³/mol. The van der Waals surface area contributed by atoms with Crippen molar-refractivity contribution in [2.24, 2.45) is 5.92 Å². The van der Waals surface area contributed by atoms with Crippen LogP contribution < -0.4 is 0 Å². The Labute approximate surface area is 125 Å². The summed E-state index contributed by atoms with van der Waals surface area (Å²) in [5.41, 5.74) is 3.49. The van der Waals surface area contributed by atoms with Crippen molar-refractivity contribution < 1.29 is 0 Å². The quantitative estimate of drug-likeness (QED) is 0.598. The highest BCUT2D eigenvalue weighted by Crippen LogP contribution is 2.25. The Bertz CT molecular complexity index is 451. The van der Waals surface area contributed by atoms with E-state index in [4.69, 9.17) is 0 Å². The third-order valence-electron chi connectivity index (χ3n) is 3.48. The molecule has 3 heteroatoms. The van der Waals surface area contributed by atoms with Gasteiger partial charge in [-0.25, -0.2) is 4.68 Å². The van der Waals surface area contributed by atoms with E-state index >= 15 is 0 Å². The van der Waals surface area contributed by atoms with Crippen LogP contribution in [0.5, 0.6) is 0 Å². The van der Waals surface area contributed by atoms with Crippen LogP contribution in [0.15, 0.2) is 28.9 Å². The largest absolute Gasteiger partial charge is 0.241 e. The number of rotatable bonds is 7. The SMILES string of the molecule is C=C(/C=C(/C)n1ncc(Br)c1C)C(CCC)CCC. The second-order valence-electron chi connectivity index (χ2n) is 5.12. The molecule has 0 saturated heterocycles. The highest BCUT2D eigenvalue weighted by Gasteiger charge is 2.11. The molecule has 1 heterocycles. The van der Waals surface area contributed by atoms with Gasteiger partial charge in [-0.15, -0.1) is 0 Å². The van der Waals surface area contributed by atoms with Gasteiger partial charge in [0.15, 0.2) is 0 Å². The Hall–Kier alpha value is -0.830. The molecular weight excluding hydrogens is 300 g/mol. The normalized spacial score (nSPS) is 12.2. The lowest BCUT2D eigenvalue weighted by molar-refractivity contribution is 0.513. The van der Waals surface area contributed by atoms with Crippen LogP contribution in [0.4, 0.5) is 0 Å². The van der Waals surface area contributed by atoms with Gasteiger partial charge >= 0.3 is 0 Å². The van der Waals surface area contributed by atoms with E-state index in [1.54, 1.807) is 0 Å². The minimum Gasteiger partial charge on any atom is -0.241 e. The van der Waals surface area contributed by atoms with Crippen LogP contribution in [0.2, 0.25) is 0 Å². The number of hydrogen-bond acceptors (Lipinski definition) is 1. The maximum Gasteiger partial charge on any atom is 0.0639 e. The summed E-state index contributed by atoms with van der Waals surface area (Å²) < 4.78 is 3.01. The molecular formula is C16H25BrN2. The molecule has 0 amide bonds. The van der Waals surface area contributed by atoms with E-state index in [2.05, 4.69) is 61.4 Å². The molecule has 0 aliphatic rings. The third kappa shape index (κ3) is 4.34. The Morgan fingerprint density at radius 3 is 2.42 bits per heavy atom. The highest BCUT2D eigenvalue weighted by atomic mass is 79.9. The molecule has 0 unspecified atom stereocenters. The molecule has 0 N–H and O–H groups in total. The molecule has 1 aromatic heterocycles. The second kappa shape index (κ2) is 7.68. The lowest BCUT2D eigenvalue weighted by atomic mass is 9.90. The highest BCUT2D eigenvalue weighted by molar-refractivity contribution is 9.10. The van der Waals surface area contributed by atoms with E-state index in [0.717, 1.165) is 15.9 Å². The van der Waals surface area contributed by atoms with Crippen LogP contribution >= 0.6 is 15.9 Å². The van der Waals surface area contributed by atoms with Crippen LogP contribution in [-0.4, -0.2) is 9.78 Å². The van der Waals surface area contributed by atoms with Crippen molar-refractivity contribution >= 4 is 21.6 Å². The molecule has 0 aliphatic heterocycles. The van der Waals surface area contributed by atoms with Gasteiger partial charge in [0.2, 0.25) is 0 Å². The zero-order valence-electron chi connectivity index (χ0n) is 12.5. The van der Waals surface area contributed by atoms with Gasteiger partial charge in [-0.1, -0.05) is 38.8 Å². The molecule has 0 fully saturated rings. The van der Waals surface area contributed by atoms with E-state index in [9.17, 15) is 0 Å². The van der Waals surface area contributed by atoms with Gasteiger partial charge in [-0.3, -0.25) is 0 Å². The molecule has 0 bridgehead atoms. The minimum absolute atomic E-state index is 0.601. The first-order valence-electron chi connectivity index (χ1n) is 7.08. The molecule has 0 aromatic carbocycles. The summed E-state index contributed by atoms with van der Waals surface area (Å²) in [6.45, 7) is 12.9. The molecule has 0 spiro atoms. The average molecular weight is 325 g/mol. The second-order valence-corrected chi connectivity index (χ2v) is 5.98. The van der Waals surface area contributed by atoms with Crippen LogP contribution in [-0.2, 0) is 0 Å². The monoisotopic (exact) mass is 324 g/mol. The topological polar surface area (TPSA) is 17.8 Å². The van der Waals surface area contributed by atoms with Crippen molar-refractivity contribution in [2.75, 3.05) is 0 Å². The third-order valence-corrected chi connectivity index (χ3v) is 4.26. The summed E-state index contributed by atoms with van der Waals surface area (Å²) in [5.74, 6) is 0.601. The van der Waals surface area contributed by atoms with Gasteiger partial charge < -0.3 is 0 Å². The lowest BCUT2D eigenvalue weighted by Crippen LogP contribution is -2.04. The lowest BCUT2D eigenvalue weighted by Gasteiger charge is -2.16. The van der Waals surface area contributed by atoms with E-state index in [1.165, 1.54) is 31.3 Å². The van der Waals surface area contributed by atoms with Crippen molar-refractivity contribution in [3.63, 3.8) is 0 Å². The molecule has 0 radical (unpaired) electrons. The van der Waals surface area contributed by atoms with Gasteiger partial charge in [0, 0.05) is 5.70 Å². The molecule has 1 rings (SSSR count). The molecule has 106 valence electrons. The Kier molecular flexibility index (Phi) is 6.56. The van der Waals surface area contributed by atoms with Crippen molar-refractivity contribution in [1.82, 2.24) is 9.78 Å². The van der Waals surface area contributed by atoms with Gasteiger partial charge in [-0.05, 0) is 54.6 Å². The van der Waals surface area contributed by atoms with E-state index in [-0.39, 0.29) is 0 Å². The summed E-state index contributed by atoms with van der Waals surface area (Å²) in [4.78, 5) is 0. The smallest absolute Gasteiger partial charge is 0.0639 e. The van der Waals surface area contributed by atoms with Gasteiger partial charge in [0.25, 0.3) is 0 Å². The molecule has 19 heavy (non-hydrogen) atoms. The van der Waals surface area contributed by atoms with Crippen LogP contribution in [0.25, 0.3) is 5.70 Å². The van der Waals surface area contributed by atoms with Crippen LogP contribution in [0.1, 0.15) is 52.1 Å². The number of hydrogen-bond donors (Lipinski definition) is 0.